The molecule has 0 aromatic carbocycles. The van der Waals surface area contributed by atoms with E-state index in [-0.39, 0.29) is 0 Å². The molecule has 0 aromatic heterocycles. The lowest BCUT2D eigenvalue weighted by Crippen LogP contribution is -2.39. The summed E-state index contributed by atoms with van der Waals surface area (Å²) in [4.78, 5) is 2.60. The Balaban J connectivity index is 4.46. The summed E-state index contributed by atoms with van der Waals surface area (Å²) in [7, 11) is 0. The molecule has 0 aliphatic rings. The maximum atomic E-state index is 4.62. The minimum atomic E-state index is 0.456. The average molecular weight is 245 g/mol. The summed E-state index contributed by atoms with van der Waals surface area (Å²) < 4.78 is 0. The third-order valence-electron chi connectivity index (χ3n) is 3.44. The zero-order chi connectivity index (χ0) is 12.4. The van der Waals surface area contributed by atoms with Crippen LogP contribution in [0.1, 0.15) is 59.8 Å². The number of nitrogens with zero attached hydrogens (tertiary/aromatic N) is 1. The van der Waals surface area contributed by atoms with Gasteiger partial charge in [-0.05, 0) is 43.5 Å². The van der Waals surface area contributed by atoms with Crippen molar-refractivity contribution in [3.63, 3.8) is 0 Å². The second kappa shape index (κ2) is 9.35. The van der Waals surface area contributed by atoms with Gasteiger partial charge in [-0.15, -0.1) is 0 Å². The molecular weight excluding hydrogens is 214 g/mol. The Labute approximate surface area is 108 Å². The molecule has 0 saturated carbocycles. The van der Waals surface area contributed by atoms with Gasteiger partial charge in [0.05, 0.1) is 0 Å². The quantitative estimate of drug-likeness (QED) is 0.564. The van der Waals surface area contributed by atoms with Crippen molar-refractivity contribution in [2.45, 2.75) is 59.8 Å². The van der Waals surface area contributed by atoms with E-state index in [1.807, 2.05) is 0 Å². The summed E-state index contributed by atoms with van der Waals surface area (Å²) in [6, 6.07) is 0. The van der Waals surface area contributed by atoms with Crippen molar-refractivity contribution in [3.8, 4) is 0 Å². The summed E-state index contributed by atoms with van der Waals surface area (Å²) in [6.07, 6.45) is 6.47. The number of thiol groups is 1. The fourth-order valence-corrected chi connectivity index (χ4v) is 3.11. The second-order valence-electron chi connectivity index (χ2n) is 5.03. The normalized spacial score (nSPS) is 12.4. The van der Waals surface area contributed by atoms with Gasteiger partial charge in [0, 0.05) is 6.54 Å². The summed E-state index contributed by atoms with van der Waals surface area (Å²) in [5.41, 5.74) is 0.456. The van der Waals surface area contributed by atoms with Gasteiger partial charge in [-0.3, -0.25) is 0 Å². The first-order valence-corrected chi connectivity index (χ1v) is 7.64. The topological polar surface area (TPSA) is 3.24 Å². The first-order valence-electron chi connectivity index (χ1n) is 7.01. The van der Waals surface area contributed by atoms with Crippen LogP contribution in [0.15, 0.2) is 0 Å². The van der Waals surface area contributed by atoms with E-state index in [0.29, 0.717) is 5.41 Å². The molecule has 0 atom stereocenters. The van der Waals surface area contributed by atoms with E-state index in [0.717, 1.165) is 5.75 Å². The molecule has 0 spiro atoms. The summed E-state index contributed by atoms with van der Waals surface area (Å²) in [5.74, 6) is 1.04. The van der Waals surface area contributed by atoms with Gasteiger partial charge in [0.15, 0.2) is 0 Å². The first kappa shape index (κ1) is 16.3. The highest BCUT2D eigenvalue weighted by atomic mass is 32.1. The maximum absolute atomic E-state index is 4.62. The Morgan fingerprint density at radius 2 is 1.50 bits per heavy atom. The molecule has 0 aromatic rings. The van der Waals surface area contributed by atoms with Crippen LogP contribution in [0, 0.1) is 5.41 Å². The third-order valence-corrected chi connectivity index (χ3v) is 4.11. The highest BCUT2D eigenvalue weighted by molar-refractivity contribution is 7.80. The molecule has 98 valence electrons. The molecule has 0 saturated heterocycles. The van der Waals surface area contributed by atoms with Crippen molar-refractivity contribution in [2.24, 2.45) is 5.41 Å². The van der Waals surface area contributed by atoms with E-state index >= 15 is 0 Å². The molecule has 0 bridgehead atoms. The third kappa shape index (κ3) is 5.58. The van der Waals surface area contributed by atoms with Gasteiger partial charge in [0.25, 0.3) is 0 Å². The number of hydrogen-bond donors (Lipinski definition) is 1. The predicted octanol–water partition coefficient (Wildman–Crippen LogP) is 4.23. The van der Waals surface area contributed by atoms with Gasteiger partial charge in [-0.1, -0.05) is 40.5 Å². The van der Waals surface area contributed by atoms with Crippen LogP contribution in [0.3, 0.4) is 0 Å². The Morgan fingerprint density at radius 1 is 0.938 bits per heavy atom. The zero-order valence-corrected chi connectivity index (χ0v) is 12.7. The van der Waals surface area contributed by atoms with Crippen LogP contribution in [0.5, 0.6) is 0 Å². The van der Waals surface area contributed by atoms with Crippen LogP contribution >= 0.6 is 12.6 Å². The Morgan fingerprint density at radius 3 is 1.81 bits per heavy atom. The van der Waals surface area contributed by atoms with Crippen LogP contribution < -0.4 is 0 Å². The molecule has 0 unspecified atom stereocenters. The van der Waals surface area contributed by atoms with E-state index in [9.17, 15) is 0 Å². The summed E-state index contributed by atoms with van der Waals surface area (Å²) >= 11 is 4.62. The zero-order valence-electron chi connectivity index (χ0n) is 11.8. The van der Waals surface area contributed by atoms with Gasteiger partial charge in [0.2, 0.25) is 0 Å². The van der Waals surface area contributed by atoms with Crippen LogP contribution in [0.4, 0.5) is 0 Å². The van der Waals surface area contributed by atoms with E-state index in [1.54, 1.807) is 0 Å². The first-order chi connectivity index (χ1) is 7.67. The molecule has 0 aliphatic carbocycles. The SMILES string of the molecule is CCCN(CC)CC(CS)(CCC)CCC. The molecule has 0 aliphatic heterocycles. The van der Waals surface area contributed by atoms with Gasteiger partial charge < -0.3 is 4.90 Å². The van der Waals surface area contributed by atoms with Crippen molar-refractivity contribution in [2.75, 3.05) is 25.4 Å². The van der Waals surface area contributed by atoms with E-state index in [2.05, 4.69) is 45.2 Å². The fourth-order valence-electron chi connectivity index (χ4n) is 2.69. The Kier molecular flexibility index (Phi) is 9.53. The minimum Gasteiger partial charge on any atom is -0.303 e. The average Bonchev–Trinajstić information content (AvgIpc) is 2.29. The van der Waals surface area contributed by atoms with Gasteiger partial charge in [-0.25, -0.2) is 0 Å². The van der Waals surface area contributed by atoms with Crippen molar-refractivity contribution >= 4 is 12.6 Å². The van der Waals surface area contributed by atoms with Gasteiger partial charge in [0.1, 0.15) is 0 Å². The lowest BCUT2D eigenvalue weighted by atomic mass is 9.80. The molecule has 0 radical (unpaired) electrons. The predicted molar refractivity (Wildman–Crippen MR) is 78.5 cm³/mol. The fraction of sp³-hybridized carbons (Fsp3) is 1.00. The summed E-state index contributed by atoms with van der Waals surface area (Å²) in [6.45, 7) is 12.8. The molecular formula is C14H31NS. The van der Waals surface area contributed by atoms with Crippen LogP contribution in [0.25, 0.3) is 0 Å². The summed E-state index contributed by atoms with van der Waals surface area (Å²) in [5, 5.41) is 0. The standard InChI is InChI=1S/C14H31NS/c1-5-9-14(13-16,10-6-2)12-15(8-4)11-7-3/h16H,5-13H2,1-4H3. The van der Waals surface area contributed by atoms with Crippen LogP contribution in [-0.2, 0) is 0 Å². The lowest BCUT2D eigenvalue weighted by molar-refractivity contribution is 0.151. The molecule has 2 heteroatoms. The Hall–Kier alpha value is 0.310. The monoisotopic (exact) mass is 245 g/mol. The lowest BCUT2D eigenvalue weighted by Gasteiger charge is -2.37. The van der Waals surface area contributed by atoms with E-state index in [1.165, 1.54) is 51.7 Å². The smallest absolute Gasteiger partial charge is 0.00457 e. The molecule has 0 rings (SSSR count). The molecule has 0 N–H and O–H groups in total. The maximum Gasteiger partial charge on any atom is 0.00457 e. The van der Waals surface area contributed by atoms with Crippen molar-refractivity contribution in [1.29, 1.82) is 0 Å². The van der Waals surface area contributed by atoms with Crippen molar-refractivity contribution < 1.29 is 0 Å². The van der Waals surface area contributed by atoms with E-state index in [4.69, 9.17) is 0 Å². The van der Waals surface area contributed by atoms with Gasteiger partial charge >= 0.3 is 0 Å². The number of rotatable bonds is 10. The number of hydrogen-bond acceptors (Lipinski definition) is 2. The second-order valence-corrected chi connectivity index (χ2v) is 5.34. The molecule has 0 amide bonds. The Bertz CT molecular complexity index is 153. The molecule has 16 heavy (non-hydrogen) atoms. The highest BCUT2D eigenvalue weighted by Crippen LogP contribution is 2.32. The van der Waals surface area contributed by atoms with Crippen LogP contribution in [0.2, 0.25) is 0 Å². The molecule has 0 fully saturated rings. The minimum absolute atomic E-state index is 0.456. The largest absolute Gasteiger partial charge is 0.303 e. The van der Waals surface area contributed by atoms with Gasteiger partial charge in [-0.2, -0.15) is 12.6 Å². The van der Waals surface area contributed by atoms with Crippen LogP contribution in [-0.4, -0.2) is 30.3 Å². The molecule has 1 nitrogen and oxygen atoms in total. The van der Waals surface area contributed by atoms with E-state index < -0.39 is 0 Å². The van der Waals surface area contributed by atoms with Crippen molar-refractivity contribution in [3.05, 3.63) is 0 Å². The highest BCUT2D eigenvalue weighted by Gasteiger charge is 2.28. The van der Waals surface area contributed by atoms with Crippen molar-refractivity contribution in [1.82, 2.24) is 4.90 Å². The molecule has 0 heterocycles.